The fraction of sp³-hybridized carbons (Fsp3) is 0.400. The SMILES string of the molecule is CNc1ncccc1C(=O)N1CCCC[C@H]1CCc1ccc(O)cc1. The van der Waals surface area contributed by atoms with E-state index in [1.165, 1.54) is 5.56 Å². The minimum Gasteiger partial charge on any atom is -0.508 e. The maximum absolute atomic E-state index is 13.1. The fourth-order valence-electron chi connectivity index (χ4n) is 3.50. The summed E-state index contributed by atoms with van der Waals surface area (Å²) in [5.74, 6) is 0.984. The van der Waals surface area contributed by atoms with Gasteiger partial charge in [-0.25, -0.2) is 4.98 Å². The van der Waals surface area contributed by atoms with E-state index in [-0.39, 0.29) is 17.7 Å². The number of piperidine rings is 1. The van der Waals surface area contributed by atoms with Gasteiger partial charge in [-0.2, -0.15) is 0 Å². The largest absolute Gasteiger partial charge is 0.508 e. The van der Waals surface area contributed by atoms with Crippen molar-refractivity contribution in [3.63, 3.8) is 0 Å². The number of carbonyl (C=O) groups is 1. The highest BCUT2D eigenvalue weighted by atomic mass is 16.3. The van der Waals surface area contributed by atoms with Gasteiger partial charge in [0.2, 0.25) is 0 Å². The second kappa shape index (κ2) is 8.01. The van der Waals surface area contributed by atoms with Gasteiger partial charge in [-0.15, -0.1) is 0 Å². The molecule has 2 aromatic rings. The van der Waals surface area contributed by atoms with Crippen LogP contribution < -0.4 is 5.32 Å². The standard InChI is InChI=1S/C20H25N3O2/c1-21-19-18(6-4-13-22-19)20(25)23-14-3-2-5-16(23)10-7-15-8-11-17(24)12-9-15/h4,6,8-9,11-13,16,24H,2-3,5,7,10,14H2,1H3,(H,21,22)/t16-/m0/s1. The number of carbonyl (C=O) groups excluding carboxylic acids is 1. The number of nitrogens with one attached hydrogen (secondary N) is 1. The molecule has 1 aliphatic heterocycles. The lowest BCUT2D eigenvalue weighted by Crippen LogP contribution is -2.44. The predicted octanol–water partition coefficient (Wildman–Crippen LogP) is 3.46. The average Bonchev–Trinajstić information content (AvgIpc) is 2.67. The number of phenols is 1. The molecule has 1 aromatic heterocycles. The molecule has 5 nitrogen and oxygen atoms in total. The zero-order chi connectivity index (χ0) is 17.6. The summed E-state index contributed by atoms with van der Waals surface area (Å²) in [6, 6.07) is 11.2. The van der Waals surface area contributed by atoms with Crippen LogP contribution in [0.2, 0.25) is 0 Å². The zero-order valence-electron chi connectivity index (χ0n) is 14.6. The maximum atomic E-state index is 13.1. The Morgan fingerprint density at radius 2 is 2.08 bits per heavy atom. The van der Waals surface area contributed by atoms with E-state index in [2.05, 4.69) is 10.3 Å². The van der Waals surface area contributed by atoms with Gasteiger partial charge in [0, 0.05) is 25.8 Å². The molecule has 5 heteroatoms. The number of hydrogen-bond donors (Lipinski definition) is 2. The molecule has 1 fully saturated rings. The highest BCUT2D eigenvalue weighted by Gasteiger charge is 2.28. The Kier molecular flexibility index (Phi) is 5.53. The number of amides is 1. The van der Waals surface area contributed by atoms with Gasteiger partial charge in [0.25, 0.3) is 5.91 Å². The van der Waals surface area contributed by atoms with Crippen molar-refractivity contribution in [3.8, 4) is 5.75 Å². The average molecular weight is 339 g/mol. The third-order valence-electron chi connectivity index (χ3n) is 4.87. The molecule has 1 amide bonds. The van der Waals surface area contributed by atoms with Crippen molar-refractivity contribution in [1.82, 2.24) is 9.88 Å². The van der Waals surface area contributed by atoms with Gasteiger partial charge in [-0.1, -0.05) is 12.1 Å². The summed E-state index contributed by atoms with van der Waals surface area (Å²) < 4.78 is 0. The Morgan fingerprint density at radius 1 is 1.28 bits per heavy atom. The van der Waals surface area contributed by atoms with Crippen LogP contribution in [0.3, 0.4) is 0 Å². The summed E-state index contributed by atoms with van der Waals surface area (Å²) in [5.41, 5.74) is 1.83. The number of likely N-dealkylation sites (tertiary alicyclic amines) is 1. The van der Waals surface area contributed by atoms with Crippen LogP contribution in [0.15, 0.2) is 42.6 Å². The first kappa shape index (κ1) is 17.3. The van der Waals surface area contributed by atoms with Crippen molar-refractivity contribution in [2.75, 3.05) is 18.9 Å². The highest BCUT2D eigenvalue weighted by molar-refractivity contribution is 5.98. The molecule has 1 atom stereocenters. The second-order valence-electron chi connectivity index (χ2n) is 6.50. The Bertz CT molecular complexity index is 715. The zero-order valence-corrected chi connectivity index (χ0v) is 14.6. The molecule has 1 saturated heterocycles. The normalized spacial score (nSPS) is 17.3. The minimum absolute atomic E-state index is 0.0628. The Balaban J connectivity index is 1.71. The van der Waals surface area contributed by atoms with Gasteiger partial charge in [0.05, 0.1) is 5.56 Å². The Hall–Kier alpha value is -2.56. The molecular weight excluding hydrogens is 314 g/mol. The summed E-state index contributed by atoms with van der Waals surface area (Å²) >= 11 is 0. The van der Waals surface area contributed by atoms with E-state index >= 15 is 0 Å². The van der Waals surface area contributed by atoms with E-state index in [4.69, 9.17) is 0 Å². The van der Waals surface area contributed by atoms with Crippen molar-refractivity contribution in [3.05, 3.63) is 53.7 Å². The molecule has 0 unspecified atom stereocenters. The molecule has 1 aromatic carbocycles. The molecular formula is C20H25N3O2. The van der Waals surface area contributed by atoms with Crippen molar-refractivity contribution in [1.29, 1.82) is 0 Å². The molecule has 2 heterocycles. The van der Waals surface area contributed by atoms with Crippen molar-refractivity contribution >= 4 is 11.7 Å². The predicted molar refractivity (Wildman–Crippen MR) is 98.9 cm³/mol. The number of aromatic hydroxyl groups is 1. The molecule has 0 saturated carbocycles. The van der Waals surface area contributed by atoms with Crippen LogP contribution in [0.4, 0.5) is 5.82 Å². The van der Waals surface area contributed by atoms with E-state index in [0.717, 1.165) is 38.6 Å². The Morgan fingerprint density at radius 3 is 2.84 bits per heavy atom. The molecule has 0 spiro atoms. The fourth-order valence-corrected chi connectivity index (χ4v) is 3.50. The summed E-state index contributed by atoms with van der Waals surface area (Å²) in [6.45, 7) is 0.803. The third-order valence-corrected chi connectivity index (χ3v) is 4.87. The highest BCUT2D eigenvalue weighted by Crippen LogP contribution is 2.25. The molecule has 25 heavy (non-hydrogen) atoms. The molecule has 3 rings (SSSR count). The number of anilines is 1. The first-order valence-corrected chi connectivity index (χ1v) is 8.90. The lowest BCUT2D eigenvalue weighted by atomic mass is 9.95. The summed E-state index contributed by atoms with van der Waals surface area (Å²) in [5, 5.41) is 12.4. The quantitative estimate of drug-likeness (QED) is 0.875. The van der Waals surface area contributed by atoms with Gasteiger partial charge < -0.3 is 15.3 Å². The van der Waals surface area contributed by atoms with E-state index in [1.54, 1.807) is 25.4 Å². The van der Waals surface area contributed by atoms with Crippen LogP contribution in [0, 0.1) is 0 Å². The van der Waals surface area contributed by atoms with Crippen LogP contribution in [-0.4, -0.2) is 40.5 Å². The molecule has 0 radical (unpaired) electrons. The van der Waals surface area contributed by atoms with Gasteiger partial charge >= 0.3 is 0 Å². The second-order valence-corrected chi connectivity index (χ2v) is 6.50. The molecule has 0 bridgehead atoms. The molecule has 1 aliphatic rings. The van der Waals surface area contributed by atoms with Gasteiger partial charge in [-0.05, 0) is 61.9 Å². The lowest BCUT2D eigenvalue weighted by Gasteiger charge is -2.36. The number of hydrogen-bond acceptors (Lipinski definition) is 4. The third kappa shape index (κ3) is 4.10. The van der Waals surface area contributed by atoms with E-state index in [1.807, 2.05) is 29.2 Å². The maximum Gasteiger partial charge on any atom is 0.257 e. The Labute approximate surface area is 148 Å². The monoisotopic (exact) mass is 339 g/mol. The van der Waals surface area contributed by atoms with Gasteiger partial charge in [-0.3, -0.25) is 4.79 Å². The topological polar surface area (TPSA) is 65.5 Å². The van der Waals surface area contributed by atoms with E-state index in [9.17, 15) is 9.90 Å². The summed E-state index contributed by atoms with van der Waals surface area (Å²) in [4.78, 5) is 19.3. The molecule has 0 aliphatic carbocycles. The van der Waals surface area contributed by atoms with Crippen molar-refractivity contribution < 1.29 is 9.90 Å². The summed E-state index contributed by atoms with van der Waals surface area (Å²) in [6.07, 6.45) is 6.79. The van der Waals surface area contributed by atoms with Crippen LogP contribution >= 0.6 is 0 Å². The van der Waals surface area contributed by atoms with E-state index in [0.29, 0.717) is 11.4 Å². The summed E-state index contributed by atoms with van der Waals surface area (Å²) in [7, 11) is 1.79. The van der Waals surface area contributed by atoms with Crippen LogP contribution in [0.1, 0.15) is 41.6 Å². The first-order chi connectivity index (χ1) is 12.2. The van der Waals surface area contributed by atoms with E-state index < -0.39 is 0 Å². The lowest BCUT2D eigenvalue weighted by molar-refractivity contribution is 0.0602. The first-order valence-electron chi connectivity index (χ1n) is 8.90. The van der Waals surface area contributed by atoms with Crippen LogP contribution in [0.25, 0.3) is 0 Å². The smallest absolute Gasteiger partial charge is 0.257 e. The number of pyridine rings is 1. The number of nitrogens with zero attached hydrogens (tertiary/aromatic N) is 2. The van der Waals surface area contributed by atoms with Crippen LogP contribution in [-0.2, 0) is 6.42 Å². The number of benzene rings is 1. The molecule has 2 N–H and O–H groups in total. The van der Waals surface area contributed by atoms with Crippen molar-refractivity contribution in [2.24, 2.45) is 0 Å². The van der Waals surface area contributed by atoms with Crippen LogP contribution in [0.5, 0.6) is 5.75 Å². The van der Waals surface area contributed by atoms with Gasteiger partial charge in [0.1, 0.15) is 11.6 Å². The molecule has 132 valence electrons. The number of aromatic nitrogens is 1. The number of aryl methyl sites for hydroxylation is 1. The number of rotatable bonds is 5. The van der Waals surface area contributed by atoms with Gasteiger partial charge in [0.15, 0.2) is 0 Å². The van der Waals surface area contributed by atoms with Crippen molar-refractivity contribution in [2.45, 2.75) is 38.1 Å². The number of phenolic OH excluding ortho intramolecular Hbond substituents is 1. The minimum atomic E-state index is 0.0628.